The zero-order valence-corrected chi connectivity index (χ0v) is 32.7. The summed E-state index contributed by atoms with van der Waals surface area (Å²) in [6, 6.07) is 58.1. The lowest BCUT2D eigenvalue weighted by Gasteiger charge is -2.39. The summed E-state index contributed by atoms with van der Waals surface area (Å²) in [6.45, 7) is 0. The van der Waals surface area contributed by atoms with Crippen molar-refractivity contribution in [3.63, 3.8) is 0 Å². The van der Waals surface area contributed by atoms with E-state index >= 15 is 0 Å². The van der Waals surface area contributed by atoms with Gasteiger partial charge in [0.1, 0.15) is 0 Å². The first-order valence-corrected chi connectivity index (χ1v) is 21.5. The van der Waals surface area contributed by atoms with Gasteiger partial charge in [-0.3, -0.25) is 16.0 Å². The molecule has 0 spiro atoms. The van der Waals surface area contributed by atoms with Gasteiger partial charge >= 0.3 is 0 Å². The zero-order chi connectivity index (χ0) is 37.5. The van der Waals surface area contributed by atoms with E-state index in [1.54, 1.807) is 0 Å². The Morgan fingerprint density at radius 3 is 1.82 bits per heavy atom. The first-order valence-electron chi connectivity index (χ1n) is 19.8. The highest BCUT2D eigenvalue weighted by atomic mass is 32.1. The molecule has 6 heteroatoms. The summed E-state index contributed by atoms with van der Waals surface area (Å²) in [6.07, 6.45) is 6.73. The maximum absolute atomic E-state index is 3.90. The van der Waals surface area contributed by atoms with Crippen LogP contribution in [0.2, 0.25) is 0 Å². The minimum atomic E-state index is -0.0647. The van der Waals surface area contributed by atoms with E-state index in [1.165, 1.54) is 96.0 Å². The molecule has 0 bridgehead atoms. The number of fused-ring (bicyclic) bond motifs is 9. The summed E-state index contributed by atoms with van der Waals surface area (Å²) < 4.78 is 7.72. The molecule has 0 radical (unpaired) electrons. The van der Waals surface area contributed by atoms with E-state index in [9.17, 15) is 0 Å². The van der Waals surface area contributed by atoms with E-state index in [-0.39, 0.29) is 18.5 Å². The van der Waals surface area contributed by atoms with Gasteiger partial charge in [0.05, 0.1) is 24.0 Å². The maximum atomic E-state index is 3.90. The molecule has 2 unspecified atom stereocenters. The summed E-state index contributed by atoms with van der Waals surface area (Å²) in [5.74, 6) is 0. The number of nitrogens with one attached hydrogen (secondary N) is 3. The third kappa shape index (κ3) is 5.44. The Hall–Kier alpha value is -5.86. The van der Waals surface area contributed by atoms with Crippen molar-refractivity contribution in [1.82, 2.24) is 20.5 Å². The Balaban J connectivity index is 0.985. The number of hydrogen-bond acceptors (Lipinski definition) is 5. The summed E-state index contributed by atoms with van der Waals surface area (Å²) in [4.78, 5) is 0. The van der Waals surface area contributed by atoms with Gasteiger partial charge in [0, 0.05) is 57.1 Å². The Morgan fingerprint density at radius 1 is 0.474 bits per heavy atom. The highest BCUT2D eigenvalue weighted by molar-refractivity contribution is 7.26. The molecule has 1 fully saturated rings. The number of thiophene rings is 2. The smallest absolute Gasteiger partial charge is 0.0864 e. The van der Waals surface area contributed by atoms with Crippen molar-refractivity contribution in [2.75, 3.05) is 0 Å². The molecule has 1 aliphatic carbocycles. The van der Waals surface area contributed by atoms with Crippen LogP contribution in [0.25, 0.3) is 74.1 Å². The van der Waals surface area contributed by atoms with Gasteiger partial charge in [-0.2, -0.15) is 0 Å². The summed E-state index contributed by atoms with van der Waals surface area (Å²) in [5.41, 5.74) is 11.5. The Labute approximate surface area is 338 Å². The van der Waals surface area contributed by atoms with Crippen molar-refractivity contribution in [3.05, 3.63) is 192 Å². The summed E-state index contributed by atoms with van der Waals surface area (Å²) in [7, 11) is 0. The number of aromatic nitrogens is 1. The molecule has 2 aliphatic rings. The van der Waals surface area contributed by atoms with E-state index in [0.29, 0.717) is 0 Å². The largest absolute Gasteiger partial charge is 0.310 e. The molecule has 1 aliphatic heterocycles. The van der Waals surface area contributed by atoms with Crippen LogP contribution in [0.15, 0.2) is 164 Å². The molecule has 0 amide bonds. The molecular formula is C51H38N4S2. The van der Waals surface area contributed by atoms with Crippen LogP contribution >= 0.6 is 22.7 Å². The standard InChI is InChI=1S/C51H38N4S2/c1-3-13-31(14-4-1)49-52-50(32-15-5-2-6-16-32)54-51(53-49)33-25-28-43-40(29-33)48-38(20-12-24-45(48)56-43)37-19-11-23-44-47(37)39-27-26-34(30-46(39)57-44)55-41-21-9-7-17-35(41)36-18-8-10-22-42(36)55/h1-7,9-17,19-30,49-54H,8,18H2. The molecule has 7 aromatic carbocycles. The molecule has 3 N–H and O–H groups in total. The van der Waals surface area contributed by atoms with Crippen LogP contribution in [0.5, 0.6) is 0 Å². The van der Waals surface area contributed by atoms with Gasteiger partial charge in [-0.25, -0.2) is 0 Å². The normalized spacial score (nSPS) is 18.3. The molecule has 2 atom stereocenters. The topological polar surface area (TPSA) is 41.0 Å². The van der Waals surface area contributed by atoms with Gasteiger partial charge in [0.25, 0.3) is 0 Å². The van der Waals surface area contributed by atoms with Crippen LogP contribution in [0, 0.1) is 0 Å². The molecule has 4 heterocycles. The number of hydrogen-bond donors (Lipinski definition) is 3. The molecular weight excluding hydrogens is 733 g/mol. The van der Waals surface area contributed by atoms with Crippen LogP contribution in [-0.2, 0) is 6.42 Å². The van der Waals surface area contributed by atoms with E-state index in [0.717, 1.165) is 12.8 Å². The number of allylic oxidation sites excluding steroid dienone is 1. The number of benzene rings is 7. The van der Waals surface area contributed by atoms with Crippen molar-refractivity contribution >= 4 is 80.0 Å². The summed E-state index contributed by atoms with van der Waals surface area (Å²) in [5, 5.41) is 18.3. The van der Waals surface area contributed by atoms with E-state index in [4.69, 9.17) is 0 Å². The SMILES string of the molecule is C1=Cc2c(c3ccccc3n2-c2ccc3c(c2)sc2cccc(-c4cccc5sc6ccc(C7NC(c8ccccc8)NC(c8ccccc8)N7)cc6c45)c23)CC1. The molecule has 4 nitrogen and oxygen atoms in total. The second kappa shape index (κ2) is 13.4. The second-order valence-corrected chi connectivity index (χ2v) is 17.4. The van der Waals surface area contributed by atoms with Crippen LogP contribution in [-0.4, -0.2) is 4.57 Å². The Kier molecular flexibility index (Phi) is 7.81. The fraction of sp³-hybridized carbons (Fsp3) is 0.0980. The average Bonchev–Trinajstić information content (AvgIpc) is 3.96. The molecule has 12 rings (SSSR count). The molecule has 3 aromatic heterocycles. The van der Waals surface area contributed by atoms with Gasteiger partial charge in [0.15, 0.2) is 0 Å². The van der Waals surface area contributed by atoms with Gasteiger partial charge in [-0.05, 0) is 94.8 Å². The van der Waals surface area contributed by atoms with Crippen molar-refractivity contribution in [2.24, 2.45) is 0 Å². The number of rotatable bonds is 5. The van der Waals surface area contributed by atoms with E-state index in [2.05, 4.69) is 190 Å². The van der Waals surface area contributed by atoms with E-state index in [1.807, 2.05) is 22.7 Å². The highest BCUT2D eigenvalue weighted by Gasteiger charge is 2.30. The van der Waals surface area contributed by atoms with Crippen molar-refractivity contribution < 1.29 is 0 Å². The maximum Gasteiger partial charge on any atom is 0.0864 e. The molecule has 1 saturated heterocycles. The van der Waals surface area contributed by atoms with Crippen LogP contribution in [0.4, 0.5) is 0 Å². The third-order valence-electron chi connectivity index (χ3n) is 12.0. The summed E-state index contributed by atoms with van der Waals surface area (Å²) >= 11 is 3.79. The quantitative estimate of drug-likeness (QED) is 0.163. The second-order valence-electron chi connectivity index (χ2n) is 15.3. The van der Waals surface area contributed by atoms with Crippen molar-refractivity contribution in [1.29, 1.82) is 0 Å². The molecule has 274 valence electrons. The molecule has 57 heavy (non-hydrogen) atoms. The average molecular weight is 771 g/mol. The van der Waals surface area contributed by atoms with Gasteiger partial charge in [0.2, 0.25) is 0 Å². The van der Waals surface area contributed by atoms with Crippen molar-refractivity contribution in [2.45, 2.75) is 31.3 Å². The highest BCUT2D eigenvalue weighted by Crippen LogP contribution is 2.46. The minimum Gasteiger partial charge on any atom is -0.310 e. The number of para-hydroxylation sites is 1. The van der Waals surface area contributed by atoms with Crippen molar-refractivity contribution in [3.8, 4) is 16.8 Å². The van der Waals surface area contributed by atoms with Gasteiger partial charge in [-0.1, -0.05) is 121 Å². The van der Waals surface area contributed by atoms with Gasteiger partial charge in [-0.15, -0.1) is 22.7 Å². The zero-order valence-electron chi connectivity index (χ0n) is 31.1. The predicted octanol–water partition coefficient (Wildman–Crippen LogP) is 13.2. The Morgan fingerprint density at radius 2 is 1.11 bits per heavy atom. The molecule has 0 saturated carbocycles. The van der Waals surface area contributed by atoms with Crippen LogP contribution in [0.3, 0.4) is 0 Å². The fourth-order valence-electron chi connectivity index (χ4n) is 9.40. The van der Waals surface area contributed by atoms with E-state index < -0.39 is 0 Å². The minimum absolute atomic E-state index is 0.0174. The monoisotopic (exact) mass is 770 g/mol. The third-order valence-corrected chi connectivity index (χ3v) is 14.3. The lowest BCUT2D eigenvalue weighted by Crippen LogP contribution is -2.54. The first-order chi connectivity index (χ1) is 28.2. The number of nitrogens with zero attached hydrogens (tertiary/aromatic N) is 1. The van der Waals surface area contributed by atoms with Crippen LogP contribution in [0.1, 0.15) is 52.9 Å². The fourth-order valence-corrected chi connectivity index (χ4v) is 11.7. The molecule has 10 aromatic rings. The Bertz CT molecular complexity index is 3140. The number of aryl methyl sites for hydroxylation is 1. The lowest BCUT2D eigenvalue weighted by atomic mass is 9.94. The first kappa shape index (κ1) is 33.3. The van der Waals surface area contributed by atoms with Crippen LogP contribution < -0.4 is 16.0 Å². The lowest BCUT2D eigenvalue weighted by molar-refractivity contribution is 0.203. The van der Waals surface area contributed by atoms with Gasteiger partial charge < -0.3 is 4.57 Å². The predicted molar refractivity (Wildman–Crippen MR) is 242 cm³/mol.